The number of piperazine rings is 1. The number of anilines is 1. The molecule has 144 valence electrons. The predicted molar refractivity (Wildman–Crippen MR) is 105 cm³/mol. The fraction of sp³-hybridized carbons (Fsp3) is 0.429. The summed E-state index contributed by atoms with van der Waals surface area (Å²) in [5.41, 5.74) is 2.99. The molecule has 5 nitrogen and oxygen atoms in total. The van der Waals surface area contributed by atoms with Crippen LogP contribution in [0.15, 0.2) is 30.3 Å². The van der Waals surface area contributed by atoms with Gasteiger partial charge in [-0.3, -0.25) is 0 Å². The SMILES string of the molecule is COC(=O)c1cc(-c2ccc(F)cc2)c(C(C)C)nc1N1CCN[C@H](C)C1. The number of benzene rings is 1. The molecule has 2 aromatic rings. The van der Waals surface area contributed by atoms with Gasteiger partial charge in [0.1, 0.15) is 17.2 Å². The summed E-state index contributed by atoms with van der Waals surface area (Å²) in [5.74, 6) is 0.0976. The largest absolute Gasteiger partial charge is 0.465 e. The topological polar surface area (TPSA) is 54.5 Å². The van der Waals surface area contributed by atoms with E-state index in [1.807, 2.05) is 6.07 Å². The molecule has 1 aliphatic heterocycles. The van der Waals surface area contributed by atoms with Crippen LogP contribution in [0.4, 0.5) is 10.2 Å². The minimum Gasteiger partial charge on any atom is -0.465 e. The molecule has 1 aromatic carbocycles. The van der Waals surface area contributed by atoms with E-state index in [0.717, 1.165) is 36.5 Å². The van der Waals surface area contributed by atoms with Gasteiger partial charge >= 0.3 is 5.97 Å². The van der Waals surface area contributed by atoms with Crippen molar-refractivity contribution in [2.24, 2.45) is 0 Å². The molecule has 0 amide bonds. The number of rotatable bonds is 4. The predicted octanol–water partition coefficient (Wildman–Crippen LogP) is 3.60. The Morgan fingerprint density at radius 2 is 2.04 bits per heavy atom. The maximum atomic E-state index is 13.4. The van der Waals surface area contributed by atoms with Gasteiger partial charge in [-0.15, -0.1) is 0 Å². The van der Waals surface area contributed by atoms with Crippen LogP contribution >= 0.6 is 0 Å². The number of nitrogens with one attached hydrogen (secondary N) is 1. The zero-order valence-corrected chi connectivity index (χ0v) is 16.3. The molecule has 0 unspecified atom stereocenters. The van der Waals surface area contributed by atoms with Gasteiger partial charge in [-0.25, -0.2) is 14.2 Å². The van der Waals surface area contributed by atoms with E-state index in [0.29, 0.717) is 17.4 Å². The van der Waals surface area contributed by atoms with Crippen molar-refractivity contribution in [2.75, 3.05) is 31.6 Å². The normalized spacial score (nSPS) is 17.3. The van der Waals surface area contributed by atoms with E-state index in [1.54, 1.807) is 12.1 Å². The molecular weight excluding hydrogens is 345 g/mol. The molecule has 2 heterocycles. The standard InChI is InChI=1S/C21H26FN3O2/c1-13(2)19-17(15-5-7-16(22)8-6-15)11-18(21(26)27-4)20(24-19)25-10-9-23-14(3)12-25/h5-8,11,13-14,23H,9-10,12H2,1-4H3/t14-/m1/s1. The van der Waals surface area contributed by atoms with Gasteiger partial charge in [0.25, 0.3) is 0 Å². The van der Waals surface area contributed by atoms with Crippen molar-refractivity contribution in [3.8, 4) is 11.1 Å². The number of methoxy groups -OCH3 is 1. The molecule has 1 aliphatic rings. The first kappa shape index (κ1) is 19.3. The van der Waals surface area contributed by atoms with E-state index in [1.165, 1.54) is 19.2 Å². The first-order valence-corrected chi connectivity index (χ1v) is 9.28. The minimum absolute atomic E-state index is 0.149. The van der Waals surface area contributed by atoms with Gasteiger partial charge in [-0.05, 0) is 36.6 Å². The van der Waals surface area contributed by atoms with E-state index >= 15 is 0 Å². The van der Waals surface area contributed by atoms with E-state index in [9.17, 15) is 9.18 Å². The molecule has 1 fully saturated rings. The quantitative estimate of drug-likeness (QED) is 0.833. The highest BCUT2D eigenvalue weighted by Gasteiger charge is 2.26. The fourth-order valence-electron chi connectivity index (χ4n) is 3.44. The number of esters is 1. The van der Waals surface area contributed by atoms with Gasteiger partial charge in [-0.2, -0.15) is 0 Å². The summed E-state index contributed by atoms with van der Waals surface area (Å²) in [4.78, 5) is 19.5. The van der Waals surface area contributed by atoms with Crippen molar-refractivity contribution in [3.05, 3.63) is 47.4 Å². The third-order valence-corrected chi connectivity index (χ3v) is 4.81. The summed E-state index contributed by atoms with van der Waals surface area (Å²) in [7, 11) is 1.38. The first-order chi connectivity index (χ1) is 12.9. The van der Waals surface area contributed by atoms with Gasteiger partial charge in [0.05, 0.1) is 12.8 Å². The highest BCUT2D eigenvalue weighted by Crippen LogP contribution is 2.33. The van der Waals surface area contributed by atoms with Crippen LogP contribution in [0.1, 0.15) is 42.7 Å². The number of nitrogens with zero attached hydrogens (tertiary/aromatic N) is 2. The molecule has 1 N–H and O–H groups in total. The third-order valence-electron chi connectivity index (χ3n) is 4.81. The van der Waals surface area contributed by atoms with Crippen LogP contribution in [0.2, 0.25) is 0 Å². The zero-order valence-electron chi connectivity index (χ0n) is 16.3. The van der Waals surface area contributed by atoms with Crippen molar-refractivity contribution in [1.82, 2.24) is 10.3 Å². The third kappa shape index (κ3) is 4.11. The number of hydrogen-bond acceptors (Lipinski definition) is 5. The van der Waals surface area contributed by atoms with Crippen LogP contribution in [0, 0.1) is 5.82 Å². The maximum absolute atomic E-state index is 13.4. The summed E-state index contributed by atoms with van der Waals surface area (Å²) in [6.45, 7) is 8.62. The lowest BCUT2D eigenvalue weighted by molar-refractivity contribution is 0.0601. The summed E-state index contributed by atoms with van der Waals surface area (Å²) in [6, 6.07) is 8.42. The van der Waals surface area contributed by atoms with Crippen molar-refractivity contribution < 1.29 is 13.9 Å². The van der Waals surface area contributed by atoms with Gasteiger partial charge in [0.15, 0.2) is 0 Å². The molecule has 0 spiro atoms. The van der Waals surface area contributed by atoms with Crippen LogP contribution < -0.4 is 10.2 Å². The van der Waals surface area contributed by atoms with Crippen LogP contribution in [-0.2, 0) is 4.74 Å². The lowest BCUT2D eigenvalue weighted by atomic mass is 9.95. The first-order valence-electron chi connectivity index (χ1n) is 9.28. The van der Waals surface area contributed by atoms with Gasteiger partial charge in [0, 0.05) is 31.2 Å². The lowest BCUT2D eigenvalue weighted by Gasteiger charge is -2.34. The highest BCUT2D eigenvalue weighted by molar-refractivity contribution is 5.96. The second-order valence-electron chi connectivity index (χ2n) is 7.25. The zero-order chi connectivity index (χ0) is 19.6. The van der Waals surface area contributed by atoms with Crippen molar-refractivity contribution in [2.45, 2.75) is 32.7 Å². The van der Waals surface area contributed by atoms with E-state index in [2.05, 4.69) is 31.0 Å². The second kappa shape index (κ2) is 8.05. The number of ether oxygens (including phenoxy) is 1. The molecule has 1 atom stereocenters. The molecule has 1 aromatic heterocycles. The molecule has 6 heteroatoms. The van der Waals surface area contributed by atoms with Crippen molar-refractivity contribution in [1.29, 1.82) is 0 Å². The molecule has 0 aliphatic carbocycles. The van der Waals surface area contributed by atoms with Crippen LogP contribution in [0.3, 0.4) is 0 Å². The Hall–Kier alpha value is -2.47. The molecule has 0 radical (unpaired) electrons. The number of hydrogen-bond donors (Lipinski definition) is 1. The van der Waals surface area contributed by atoms with Gasteiger partial charge < -0.3 is 15.0 Å². The monoisotopic (exact) mass is 371 g/mol. The van der Waals surface area contributed by atoms with E-state index in [4.69, 9.17) is 9.72 Å². The number of carbonyl (C=O) groups is 1. The summed E-state index contributed by atoms with van der Waals surface area (Å²) in [6.07, 6.45) is 0. The minimum atomic E-state index is -0.414. The number of halogens is 1. The van der Waals surface area contributed by atoms with Gasteiger partial charge in [-0.1, -0.05) is 26.0 Å². The maximum Gasteiger partial charge on any atom is 0.341 e. The summed E-state index contributed by atoms with van der Waals surface area (Å²) >= 11 is 0. The molecule has 0 saturated carbocycles. The number of aromatic nitrogens is 1. The number of pyridine rings is 1. The Bertz CT molecular complexity index is 821. The van der Waals surface area contributed by atoms with E-state index in [-0.39, 0.29) is 11.7 Å². The Labute approximate surface area is 159 Å². The van der Waals surface area contributed by atoms with E-state index < -0.39 is 5.97 Å². The van der Waals surface area contributed by atoms with Crippen LogP contribution in [-0.4, -0.2) is 43.7 Å². The number of carbonyl (C=O) groups excluding carboxylic acids is 1. The smallest absolute Gasteiger partial charge is 0.341 e. The average molecular weight is 371 g/mol. The Kier molecular flexibility index (Phi) is 5.75. The molecule has 3 rings (SSSR count). The fourth-order valence-corrected chi connectivity index (χ4v) is 3.44. The lowest BCUT2D eigenvalue weighted by Crippen LogP contribution is -2.50. The Morgan fingerprint density at radius 3 is 2.63 bits per heavy atom. The second-order valence-corrected chi connectivity index (χ2v) is 7.25. The summed E-state index contributed by atoms with van der Waals surface area (Å²) in [5, 5.41) is 3.40. The molecule has 27 heavy (non-hydrogen) atoms. The Balaban J connectivity index is 2.17. The van der Waals surface area contributed by atoms with Crippen molar-refractivity contribution >= 4 is 11.8 Å². The summed E-state index contributed by atoms with van der Waals surface area (Å²) < 4.78 is 18.4. The highest BCUT2D eigenvalue weighted by atomic mass is 19.1. The molecule has 0 bridgehead atoms. The average Bonchev–Trinajstić information content (AvgIpc) is 2.67. The Morgan fingerprint density at radius 1 is 1.33 bits per heavy atom. The van der Waals surface area contributed by atoms with Crippen LogP contribution in [0.5, 0.6) is 0 Å². The van der Waals surface area contributed by atoms with Crippen LogP contribution in [0.25, 0.3) is 11.1 Å². The molecular formula is C21H26FN3O2. The van der Waals surface area contributed by atoms with Crippen molar-refractivity contribution in [3.63, 3.8) is 0 Å². The molecule has 1 saturated heterocycles. The van der Waals surface area contributed by atoms with Gasteiger partial charge in [0.2, 0.25) is 0 Å².